The summed E-state index contributed by atoms with van der Waals surface area (Å²) >= 11 is 1.73. The molecule has 0 spiro atoms. The van der Waals surface area contributed by atoms with E-state index in [0.717, 1.165) is 40.5 Å². The maximum atomic E-state index is 13.0. The van der Waals surface area contributed by atoms with E-state index in [9.17, 15) is 9.59 Å². The van der Waals surface area contributed by atoms with Crippen molar-refractivity contribution in [3.05, 3.63) is 87.6 Å². The highest BCUT2D eigenvalue weighted by atomic mass is 32.2. The SMILES string of the molecule is Cc1cc(=O)c(C(=O)NC2CC2)c2n1-c1ccccc1SC(c1ccccn1)C2. The highest BCUT2D eigenvalue weighted by Crippen LogP contribution is 2.43. The summed E-state index contributed by atoms with van der Waals surface area (Å²) in [7, 11) is 0. The van der Waals surface area contributed by atoms with Crippen molar-refractivity contribution in [3.63, 3.8) is 0 Å². The van der Waals surface area contributed by atoms with Crippen LogP contribution < -0.4 is 10.7 Å². The third kappa shape index (κ3) is 3.38. The molecule has 1 atom stereocenters. The Labute approximate surface area is 173 Å². The second kappa shape index (κ2) is 7.19. The van der Waals surface area contributed by atoms with Gasteiger partial charge in [0, 0.05) is 41.0 Å². The number of hydrogen-bond acceptors (Lipinski definition) is 4. The molecule has 1 N–H and O–H groups in total. The number of thioether (sulfide) groups is 1. The lowest BCUT2D eigenvalue weighted by atomic mass is 10.0. The molecule has 6 heteroatoms. The number of para-hydroxylation sites is 1. The molecule has 0 radical (unpaired) electrons. The fourth-order valence-electron chi connectivity index (χ4n) is 3.89. The minimum Gasteiger partial charge on any atom is -0.349 e. The number of nitrogens with one attached hydrogen (secondary N) is 1. The quantitative estimate of drug-likeness (QED) is 0.722. The lowest BCUT2D eigenvalue weighted by Crippen LogP contribution is -2.33. The summed E-state index contributed by atoms with van der Waals surface area (Å²) in [5.74, 6) is -0.259. The van der Waals surface area contributed by atoms with Crippen LogP contribution in [0.4, 0.5) is 0 Å². The van der Waals surface area contributed by atoms with Crippen molar-refractivity contribution in [2.45, 2.75) is 42.4 Å². The van der Waals surface area contributed by atoms with Crippen LogP contribution in [0, 0.1) is 6.92 Å². The molecule has 2 aliphatic rings. The van der Waals surface area contributed by atoms with Crippen LogP contribution in [0.3, 0.4) is 0 Å². The van der Waals surface area contributed by atoms with Gasteiger partial charge in [0.1, 0.15) is 5.56 Å². The van der Waals surface area contributed by atoms with Gasteiger partial charge in [-0.05, 0) is 44.0 Å². The summed E-state index contributed by atoms with van der Waals surface area (Å²) in [5, 5.41) is 3.02. The Kier molecular flexibility index (Phi) is 4.51. The number of rotatable bonds is 3. The number of hydrogen-bond donors (Lipinski definition) is 1. The maximum absolute atomic E-state index is 13.0. The van der Waals surface area contributed by atoms with Crippen molar-refractivity contribution in [1.82, 2.24) is 14.9 Å². The van der Waals surface area contributed by atoms with Crippen LogP contribution in [0.15, 0.2) is 64.4 Å². The minimum atomic E-state index is -0.259. The first-order valence-electron chi connectivity index (χ1n) is 9.85. The van der Waals surface area contributed by atoms with E-state index in [0.29, 0.717) is 6.42 Å². The molecule has 0 saturated heterocycles. The van der Waals surface area contributed by atoms with Crippen LogP contribution in [0.25, 0.3) is 5.69 Å². The third-order valence-corrected chi connectivity index (χ3v) is 6.70. The van der Waals surface area contributed by atoms with Gasteiger partial charge in [0.05, 0.1) is 16.6 Å². The van der Waals surface area contributed by atoms with Crippen molar-refractivity contribution in [3.8, 4) is 5.69 Å². The first kappa shape index (κ1) is 18.2. The summed E-state index contributed by atoms with van der Waals surface area (Å²) in [5.41, 5.74) is 3.60. The fraction of sp³-hybridized carbons (Fsp3) is 0.261. The Morgan fingerprint density at radius 2 is 1.97 bits per heavy atom. The average Bonchev–Trinajstić information content (AvgIpc) is 3.54. The van der Waals surface area contributed by atoms with E-state index in [4.69, 9.17) is 0 Å². The molecule has 1 aliphatic carbocycles. The standard InChI is InChI=1S/C23H21N3O2S/c1-14-12-19(27)22(23(28)25-15-9-10-15)18-13-21(16-6-4-5-11-24-16)29-20-8-3-2-7-17(20)26(14)18/h2-8,11-12,15,21H,9-10,13H2,1H3,(H,25,28). The highest BCUT2D eigenvalue weighted by molar-refractivity contribution is 7.99. The van der Waals surface area contributed by atoms with Crippen molar-refractivity contribution < 1.29 is 4.79 Å². The Bertz CT molecular complexity index is 1150. The lowest BCUT2D eigenvalue weighted by Gasteiger charge is -2.20. The normalized spacial score (nSPS) is 17.8. The molecular weight excluding hydrogens is 382 g/mol. The molecule has 1 aromatic carbocycles. The summed E-state index contributed by atoms with van der Waals surface area (Å²) in [4.78, 5) is 31.6. The van der Waals surface area contributed by atoms with E-state index in [1.165, 1.54) is 0 Å². The number of pyridine rings is 2. The van der Waals surface area contributed by atoms with Crippen molar-refractivity contribution in [2.75, 3.05) is 0 Å². The van der Waals surface area contributed by atoms with E-state index < -0.39 is 0 Å². The molecule has 146 valence electrons. The van der Waals surface area contributed by atoms with Crippen LogP contribution in [0.1, 0.15) is 45.5 Å². The number of benzene rings is 1. The van der Waals surface area contributed by atoms with Gasteiger partial charge in [-0.25, -0.2) is 0 Å². The Morgan fingerprint density at radius 1 is 1.17 bits per heavy atom. The minimum absolute atomic E-state index is 0.0137. The third-order valence-electron chi connectivity index (χ3n) is 5.41. The molecule has 29 heavy (non-hydrogen) atoms. The smallest absolute Gasteiger partial charge is 0.257 e. The molecule has 1 saturated carbocycles. The van der Waals surface area contributed by atoms with E-state index in [1.54, 1.807) is 24.0 Å². The topological polar surface area (TPSA) is 64.0 Å². The van der Waals surface area contributed by atoms with Gasteiger partial charge in [-0.3, -0.25) is 14.6 Å². The van der Waals surface area contributed by atoms with Crippen molar-refractivity contribution >= 4 is 17.7 Å². The summed E-state index contributed by atoms with van der Waals surface area (Å²) in [6, 6.07) is 15.8. The lowest BCUT2D eigenvalue weighted by molar-refractivity contribution is 0.0948. The van der Waals surface area contributed by atoms with Gasteiger partial charge in [-0.15, -0.1) is 11.8 Å². The number of fused-ring (bicyclic) bond motifs is 3. The zero-order valence-electron chi connectivity index (χ0n) is 16.1. The van der Waals surface area contributed by atoms with Gasteiger partial charge >= 0.3 is 0 Å². The summed E-state index contributed by atoms with van der Waals surface area (Å²) in [6.45, 7) is 1.93. The molecule has 5 nitrogen and oxygen atoms in total. The van der Waals surface area contributed by atoms with E-state index in [-0.39, 0.29) is 28.2 Å². The van der Waals surface area contributed by atoms with Crippen molar-refractivity contribution in [2.24, 2.45) is 0 Å². The molecule has 3 aromatic rings. The highest BCUT2D eigenvalue weighted by Gasteiger charge is 2.31. The predicted molar refractivity (Wildman–Crippen MR) is 114 cm³/mol. The van der Waals surface area contributed by atoms with Crippen LogP contribution in [0.5, 0.6) is 0 Å². The van der Waals surface area contributed by atoms with Gasteiger partial charge in [0.15, 0.2) is 5.43 Å². The maximum Gasteiger partial charge on any atom is 0.257 e. The number of carbonyl (C=O) groups excluding carboxylic acids is 1. The molecule has 3 heterocycles. The van der Waals surface area contributed by atoms with Crippen LogP contribution in [-0.2, 0) is 6.42 Å². The molecule has 1 unspecified atom stereocenters. The largest absolute Gasteiger partial charge is 0.349 e. The molecule has 1 aliphatic heterocycles. The Hall–Kier alpha value is -2.86. The molecule has 5 rings (SSSR count). The predicted octanol–water partition coefficient (Wildman–Crippen LogP) is 3.82. The number of carbonyl (C=O) groups is 1. The number of aryl methyl sites for hydroxylation is 1. The zero-order valence-corrected chi connectivity index (χ0v) is 16.9. The van der Waals surface area contributed by atoms with E-state index >= 15 is 0 Å². The number of aromatic nitrogens is 2. The van der Waals surface area contributed by atoms with Gasteiger partial charge in [0.2, 0.25) is 0 Å². The number of nitrogens with zero attached hydrogens (tertiary/aromatic N) is 2. The van der Waals surface area contributed by atoms with Crippen LogP contribution in [-0.4, -0.2) is 21.5 Å². The van der Waals surface area contributed by atoms with Crippen LogP contribution >= 0.6 is 11.8 Å². The molecular formula is C23H21N3O2S. The number of amides is 1. The Morgan fingerprint density at radius 3 is 2.72 bits per heavy atom. The summed E-state index contributed by atoms with van der Waals surface area (Å²) in [6.07, 6.45) is 4.31. The van der Waals surface area contributed by atoms with Crippen molar-refractivity contribution in [1.29, 1.82) is 0 Å². The molecule has 1 amide bonds. The van der Waals surface area contributed by atoms with Crippen LogP contribution in [0.2, 0.25) is 0 Å². The van der Waals surface area contributed by atoms with Gasteiger partial charge in [-0.2, -0.15) is 0 Å². The zero-order chi connectivity index (χ0) is 20.0. The first-order chi connectivity index (χ1) is 14.1. The van der Waals surface area contributed by atoms with Gasteiger partial charge in [0.25, 0.3) is 5.91 Å². The monoisotopic (exact) mass is 403 g/mol. The molecule has 1 fully saturated rings. The molecule has 0 bridgehead atoms. The summed E-state index contributed by atoms with van der Waals surface area (Å²) < 4.78 is 2.08. The average molecular weight is 404 g/mol. The second-order valence-corrected chi connectivity index (χ2v) is 8.83. The van der Waals surface area contributed by atoms with E-state index in [2.05, 4.69) is 20.9 Å². The van der Waals surface area contributed by atoms with Gasteiger partial charge < -0.3 is 9.88 Å². The van der Waals surface area contributed by atoms with Gasteiger partial charge in [-0.1, -0.05) is 18.2 Å². The molecule has 2 aromatic heterocycles. The second-order valence-electron chi connectivity index (χ2n) is 7.59. The van der Waals surface area contributed by atoms with E-state index in [1.807, 2.05) is 43.3 Å². The fourth-order valence-corrected chi connectivity index (χ4v) is 5.14. The first-order valence-corrected chi connectivity index (χ1v) is 10.7. The Balaban J connectivity index is 1.74.